The molecule has 11 heavy (non-hydrogen) atoms. The minimum Gasteiger partial charge on any atom is -0.303 e. The van der Waals surface area contributed by atoms with E-state index in [1.54, 1.807) is 0 Å². The second kappa shape index (κ2) is 4.76. The quantitative estimate of drug-likeness (QED) is 0.603. The SMILES string of the molecule is CCCC1CCN(CCC)C1. The topological polar surface area (TPSA) is 3.24 Å². The molecule has 0 N–H and O–H groups in total. The average molecular weight is 155 g/mol. The van der Waals surface area contributed by atoms with Gasteiger partial charge in [0.05, 0.1) is 0 Å². The number of hydrogen-bond donors (Lipinski definition) is 0. The maximum absolute atomic E-state index is 2.61. The van der Waals surface area contributed by atoms with Crippen LogP contribution < -0.4 is 0 Å². The van der Waals surface area contributed by atoms with Gasteiger partial charge >= 0.3 is 0 Å². The molecule has 1 aliphatic rings. The lowest BCUT2D eigenvalue weighted by molar-refractivity contribution is 0.321. The molecule has 0 saturated carbocycles. The van der Waals surface area contributed by atoms with E-state index < -0.39 is 0 Å². The number of hydrogen-bond acceptors (Lipinski definition) is 1. The molecule has 0 radical (unpaired) electrons. The monoisotopic (exact) mass is 155 g/mol. The fraction of sp³-hybridized carbons (Fsp3) is 1.00. The standard InChI is InChI=1S/C10H21N/c1-3-5-10-6-8-11(9-10)7-4-2/h10H,3-9H2,1-2H3. The van der Waals surface area contributed by atoms with Crippen molar-refractivity contribution in [1.82, 2.24) is 4.90 Å². The Bertz CT molecular complexity index is 89.0. The minimum atomic E-state index is 1.02. The molecule has 1 atom stereocenters. The fourth-order valence-corrected chi connectivity index (χ4v) is 2.08. The van der Waals surface area contributed by atoms with E-state index in [-0.39, 0.29) is 0 Å². The zero-order valence-corrected chi connectivity index (χ0v) is 7.97. The lowest BCUT2D eigenvalue weighted by atomic mass is 10.0. The van der Waals surface area contributed by atoms with Gasteiger partial charge in [-0.25, -0.2) is 0 Å². The molecular weight excluding hydrogens is 134 g/mol. The van der Waals surface area contributed by atoms with Gasteiger partial charge in [-0.2, -0.15) is 0 Å². The highest BCUT2D eigenvalue weighted by Crippen LogP contribution is 2.20. The molecular formula is C10H21N. The lowest BCUT2D eigenvalue weighted by Crippen LogP contribution is -2.21. The summed E-state index contributed by atoms with van der Waals surface area (Å²) < 4.78 is 0. The highest BCUT2D eigenvalue weighted by atomic mass is 15.1. The summed E-state index contributed by atoms with van der Waals surface area (Å²) in [5, 5.41) is 0. The summed E-state index contributed by atoms with van der Waals surface area (Å²) in [5.41, 5.74) is 0. The molecule has 0 aromatic rings. The van der Waals surface area contributed by atoms with Crippen LogP contribution in [0.3, 0.4) is 0 Å². The number of likely N-dealkylation sites (tertiary alicyclic amines) is 1. The van der Waals surface area contributed by atoms with Crippen LogP contribution >= 0.6 is 0 Å². The highest BCUT2D eigenvalue weighted by molar-refractivity contribution is 4.74. The van der Waals surface area contributed by atoms with Crippen molar-refractivity contribution in [2.45, 2.75) is 39.5 Å². The largest absolute Gasteiger partial charge is 0.303 e. The van der Waals surface area contributed by atoms with Gasteiger partial charge in [0.15, 0.2) is 0 Å². The van der Waals surface area contributed by atoms with Gasteiger partial charge in [0, 0.05) is 6.54 Å². The average Bonchev–Trinajstić information content (AvgIpc) is 2.38. The Morgan fingerprint density at radius 1 is 1.27 bits per heavy atom. The Kier molecular flexibility index (Phi) is 3.92. The van der Waals surface area contributed by atoms with Crippen molar-refractivity contribution in [3.05, 3.63) is 0 Å². The second-order valence-electron chi connectivity index (χ2n) is 3.74. The summed E-state index contributed by atoms with van der Waals surface area (Å²) >= 11 is 0. The predicted molar refractivity (Wildman–Crippen MR) is 49.7 cm³/mol. The molecule has 66 valence electrons. The van der Waals surface area contributed by atoms with Gasteiger partial charge < -0.3 is 4.90 Å². The summed E-state index contributed by atoms with van der Waals surface area (Å²) in [6.07, 6.45) is 5.58. The van der Waals surface area contributed by atoms with Crippen LogP contribution in [0.1, 0.15) is 39.5 Å². The molecule has 1 saturated heterocycles. The van der Waals surface area contributed by atoms with Crippen LogP contribution in [-0.4, -0.2) is 24.5 Å². The van der Waals surface area contributed by atoms with Crippen molar-refractivity contribution >= 4 is 0 Å². The Morgan fingerprint density at radius 2 is 2.09 bits per heavy atom. The molecule has 1 heteroatoms. The van der Waals surface area contributed by atoms with Crippen molar-refractivity contribution < 1.29 is 0 Å². The van der Waals surface area contributed by atoms with E-state index in [0.29, 0.717) is 0 Å². The van der Waals surface area contributed by atoms with E-state index in [2.05, 4.69) is 18.7 Å². The van der Waals surface area contributed by atoms with Crippen LogP contribution in [0.5, 0.6) is 0 Å². The van der Waals surface area contributed by atoms with Gasteiger partial charge in [-0.1, -0.05) is 20.3 Å². The Labute approximate surface area is 70.8 Å². The summed E-state index contributed by atoms with van der Waals surface area (Å²) in [6.45, 7) is 8.62. The van der Waals surface area contributed by atoms with Crippen molar-refractivity contribution in [1.29, 1.82) is 0 Å². The zero-order valence-electron chi connectivity index (χ0n) is 7.97. The first-order valence-corrected chi connectivity index (χ1v) is 5.09. The van der Waals surface area contributed by atoms with Crippen LogP contribution in [0.15, 0.2) is 0 Å². The van der Waals surface area contributed by atoms with Gasteiger partial charge in [0.25, 0.3) is 0 Å². The van der Waals surface area contributed by atoms with Gasteiger partial charge in [-0.05, 0) is 38.3 Å². The van der Waals surface area contributed by atoms with Crippen molar-refractivity contribution in [3.8, 4) is 0 Å². The normalized spacial score (nSPS) is 26.2. The zero-order chi connectivity index (χ0) is 8.10. The number of nitrogens with zero attached hydrogens (tertiary/aromatic N) is 1. The lowest BCUT2D eigenvalue weighted by Gasteiger charge is -2.13. The molecule has 1 rings (SSSR count). The minimum absolute atomic E-state index is 1.02. The van der Waals surface area contributed by atoms with Gasteiger partial charge in [0.1, 0.15) is 0 Å². The van der Waals surface area contributed by atoms with Gasteiger partial charge in [-0.15, -0.1) is 0 Å². The molecule has 1 fully saturated rings. The van der Waals surface area contributed by atoms with E-state index in [1.807, 2.05) is 0 Å². The Balaban J connectivity index is 2.12. The highest BCUT2D eigenvalue weighted by Gasteiger charge is 2.20. The van der Waals surface area contributed by atoms with Gasteiger partial charge in [0.2, 0.25) is 0 Å². The third-order valence-corrected chi connectivity index (χ3v) is 2.61. The maximum atomic E-state index is 2.61. The predicted octanol–water partition coefficient (Wildman–Crippen LogP) is 2.52. The fourth-order valence-electron chi connectivity index (χ4n) is 2.08. The smallest absolute Gasteiger partial charge is 0.00101 e. The van der Waals surface area contributed by atoms with Crippen LogP contribution in [0.25, 0.3) is 0 Å². The molecule has 0 spiro atoms. The van der Waals surface area contributed by atoms with E-state index in [4.69, 9.17) is 0 Å². The molecule has 1 aliphatic heterocycles. The Morgan fingerprint density at radius 3 is 2.73 bits per heavy atom. The first-order valence-electron chi connectivity index (χ1n) is 5.09. The molecule has 1 nitrogen and oxygen atoms in total. The third kappa shape index (κ3) is 2.82. The van der Waals surface area contributed by atoms with Gasteiger partial charge in [-0.3, -0.25) is 0 Å². The van der Waals surface area contributed by atoms with Crippen molar-refractivity contribution in [3.63, 3.8) is 0 Å². The van der Waals surface area contributed by atoms with Crippen molar-refractivity contribution in [2.75, 3.05) is 19.6 Å². The molecule has 0 aliphatic carbocycles. The summed E-state index contributed by atoms with van der Waals surface area (Å²) in [6, 6.07) is 0. The van der Waals surface area contributed by atoms with Crippen LogP contribution in [0.2, 0.25) is 0 Å². The van der Waals surface area contributed by atoms with Crippen LogP contribution in [0, 0.1) is 5.92 Å². The summed E-state index contributed by atoms with van der Waals surface area (Å²) in [4.78, 5) is 2.61. The third-order valence-electron chi connectivity index (χ3n) is 2.61. The first kappa shape index (κ1) is 9.05. The van der Waals surface area contributed by atoms with E-state index >= 15 is 0 Å². The van der Waals surface area contributed by atoms with Crippen LogP contribution in [0.4, 0.5) is 0 Å². The molecule has 1 unspecified atom stereocenters. The van der Waals surface area contributed by atoms with E-state index in [1.165, 1.54) is 45.3 Å². The van der Waals surface area contributed by atoms with Crippen LogP contribution in [-0.2, 0) is 0 Å². The first-order chi connectivity index (χ1) is 5.36. The number of rotatable bonds is 4. The molecule has 0 bridgehead atoms. The van der Waals surface area contributed by atoms with E-state index in [9.17, 15) is 0 Å². The molecule has 1 heterocycles. The molecule has 0 aromatic carbocycles. The van der Waals surface area contributed by atoms with E-state index in [0.717, 1.165) is 5.92 Å². The second-order valence-corrected chi connectivity index (χ2v) is 3.74. The van der Waals surface area contributed by atoms with Crippen molar-refractivity contribution in [2.24, 2.45) is 5.92 Å². The molecule has 0 amide bonds. The summed E-state index contributed by atoms with van der Waals surface area (Å²) in [7, 11) is 0. The molecule has 0 aromatic heterocycles. The maximum Gasteiger partial charge on any atom is 0.00101 e. The Hall–Kier alpha value is -0.0400. The summed E-state index contributed by atoms with van der Waals surface area (Å²) in [5.74, 6) is 1.02.